The van der Waals surface area contributed by atoms with Crippen LogP contribution >= 0.6 is 11.3 Å². The van der Waals surface area contributed by atoms with E-state index in [-0.39, 0.29) is 5.91 Å². The van der Waals surface area contributed by atoms with Gasteiger partial charge in [0.05, 0.1) is 6.54 Å². The maximum atomic E-state index is 10.8. The van der Waals surface area contributed by atoms with E-state index in [0.29, 0.717) is 12.6 Å². The van der Waals surface area contributed by atoms with Crippen molar-refractivity contribution in [2.75, 3.05) is 32.7 Å². The van der Waals surface area contributed by atoms with Crippen molar-refractivity contribution in [3.63, 3.8) is 0 Å². The fraction of sp³-hybridized carbons (Fsp3) is 0.583. The number of hydrogen-bond donors (Lipinski definition) is 1. The number of amides is 1. The molecular weight excluding hydrogens is 234 g/mol. The molecule has 17 heavy (non-hydrogen) atoms. The van der Waals surface area contributed by atoms with E-state index in [0.717, 1.165) is 26.2 Å². The highest BCUT2D eigenvalue weighted by Gasteiger charge is 2.22. The molecule has 1 atom stereocenters. The van der Waals surface area contributed by atoms with Crippen molar-refractivity contribution < 1.29 is 4.79 Å². The summed E-state index contributed by atoms with van der Waals surface area (Å²) in [6.07, 6.45) is 0. The van der Waals surface area contributed by atoms with Crippen LogP contribution in [-0.2, 0) is 4.79 Å². The average molecular weight is 253 g/mol. The van der Waals surface area contributed by atoms with Crippen LogP contribution in [0, 0.1) is 0 Å². The molecule has 0 aromatic carbocycles. The lowest BCUT2D eigenvalue weighted by Gasteiger charge is -2.37. The number of nitrogens with zero attached hydrogens (tertiary/aromatic N) is 2. The van der Waals surface area contributed by atoms with Gasteiger partial charge in [0.1, 0.15) is 0 Å². The van der Waals surface area contributed by atoms with Gasteiger partial charge in [-0.2, -0.15) is 11.3 Å². The molecule has 1 aliphatic rings. The lowest BCUT2D eigenvalue weighted by molar-refractivity contribution is -0.119. The van der Waals surface area contributed by atoms with Gasteiger partial charge in [0, 0.05) is 32.2 Å². The summed E-state index contributed by atoms with van der Waals surface area (Å²) >= 11 is 1.74. The summed E-state index contributed by atoms with van der Waals surface area (Å²) in [7, 11) is 0. The average Bonchev–Trinajstić information content (AvgIpc) is 2.82. The smallest absolute Gasteiger partial charge is 0.231 e. The van der Waals surface area contributed by atoms with E-state index in [2.05, 4.69) is 33.6 Å². The Morgan fingerprint density at radius 1 is 1.47 bits per heavy atom. The molecule has 94 valence electrons. The Labute approximate surface area is 106 Å². The minimum absolute atomic E-state index is 0.232. The highest BCUT2D eigenvalue weighted by Crippen LogP contribution is 2.23. The molecule has 1 saturated heterocycles. The number of rotatable bonds is 4. The van der Waals surface area contributed by atoms with Gasteiger partial charge in [-0.3, -0.25) is 14.6 Å². The van der Waals surface area contributed by atoms with Crippen molar-refractivity contribution in [1.82, 2.24) is 9.80 Å². The number of nitrogens with two attached hydrogens (primary N) is 1. The molecule has 2 N–H and O–H groups in total. The number of primary amides is 1. The lowest BCUT2D eigenvalue weighted by Crippen LogP contribution is -2.49. The van der Waals surface area contributed by atoms with Gasteiger partial charge in [-0.25, -0.2) is 0 Å². The molecule has 5 heteroatoms. The highest BCUT2D eigenvalue weighted by molar-refractivity contribution is 7.07. The van der Waals surface area contributed by atoms with E-state index < -0.39 is 0 Å². The summed E-state index contributed by atoms with van der Waals surface area (Å²) in [5.74, 6) is -0.232. The second-order valence-electron chi connectivity index (χ2n) is 4.51. The summed E-state index contributed by atoms with van der Waals surface area (Å²) < 4.78 is 0. The number of carbonyl (C=O) groups excluding carboxylic acids is 1. The molecule has 4 nitrogen and oxygen atoms in total. The Morgan fingerprint density at radius 3 is 2.71 bits per heavy atom. The molecule has 0 aliphatic carbocycles. The monoisotopic (exact) mass is 253 g/mol. The number of carbonyl (C=O) groups is 1. The topological polar surface area (TPSA) is 49.6 Å². The van der Waals surface area contributed by atoms with Gasteiger partial charge in [0.15, 0.2) is 0 Å². The molecule has 2 rings (SSSR count). The third kappa shape index (κ3) is 3.28. The quantitative estimate of drug-likeness (QED) is 0.868. The molecule has 0 saturated carbocycles. The molecule has 0 spiro atoms. The first-order valence-corrected chi connectivity index (χ1v) is 6.88. The fourth-order valence-electron chi connectivity index (χ4n) is 2.25. The maximum absolute atomic E-state index is 10.8. The fourth-order valence-corrected chi connectivity index (χ4v) is 3.00. The van der Waals surface area contributed by atoms with Crippen LogP contribution in [0.3, 0.4) is 0 Å². The minimum Gasteiger partial charge on any atom is -0.369 e. The zero-order valence-corrected chi connectivity index (χ0v) is 10.9. The van der Waals surface area contributed by atoms with Gasteiger partial charge in [0.2, 0.25) is 5.91 Å². The van der Waals surface area contributed by atoms with E-state index in [1.165, 1.54) is 5.56 Å². The maximum Gasteiger partial charge on any atom is 0.231 e. The minimum atomic E-state index is -0.232. The van der Waals surface area contributed by atoms with E-state index in [4.69, 9.17) is 5.73 Å². The van der Waals surface area contributed by atoms with Crippen LogP contribution in [-0.4, -0.2) is 48.4 Å². The third-order valence-electron chi connectivity index (χ3n) is 3.36. The first-order valence-electron chi connectivity index (χ1n) is 5.93. The number of thiophene rings is 1. The number of piperazine rings is 1. The van der Waals surface area contributed by atoms with E-state index in [1.54, 1.807) is 11.3 Å². The highest BCUT2D eigenvalue weighted by atomic mass is 32.1. The normalized spacial score (nSPS) is 20.3. The molecule has 0 radical (unpaired) electrons. The Morgan fingerprint density at radius 2 is 2.18 bits per heavy atom. The SMILES string of the molecule is CC(c1ccsc1)N1CCN(CC(N)=O)CC1. The second kappa shape index (κ2) is 5.62. The van der Waals surface area contributed by atoms with E-state index in [9.17, 15) is 4.79 Å². The van der Waals surface area contributed by atoms with Gasteiger partial charge in [0.25, 0.3) is 0 Å². The van der Waals surface area contributed by atoms with Gasteiger partial charge in [-0.1, -0.05) is 0 Å². The molecule has 1 amide bonds. The van der Waals surface area contributed by atoms with Crippen molar-refractivity contribution >= 4 is 17.2 Å². The third-order valence-corrected chi connectivity index (χ3v) is 4.06. The Bertz CT molecular complexity index is 358. The van der Waals surface area contributed by atoms with Crippen molar-refractivity contribution in [3.05, 3.63) is 22.4 Å². The lowest BCUT2D eigenvalue weighted by atomic mass is 10.1. The molecular formula is C12H19N3OS. The van der Waals surface area contributed by atoms with Crippen LogP contribution in [0.25, 0.3) is 0 Å². The van der Waals surface area contributed by atoms with Crippen molar-refractivity contribution in [1.29, 1.82) is 0 Å². The standard InChI is InChI=1S/C12H19N3OS/c1-10(11-2-7-17-9-11)15-5-3-14(4-6-15)8-12(13)16/h2,7,9-10H,3-6,8H2,1H3,(H2,13,16). The van der Waals surface area contributed by atoms with Gasteiger partial charge in [-0.05, 0) is 29.3 Å². The van der Waals surface area contributed by atoms with Crippen LogP contribution < -0.4 is 5.73 Å². The molecule has 1 aliphatic heterocycles. The molecule has 2 heterocycles. The summed E-state index contributed by atoms with van der Waals surface area (Å²) in [5.41, 5.74) is 6.59. The van der Waals surface area contributed by atoms with Gasteiger partial charge >= 0.3 is 0 Å². The first-order chi connectivity index (χ1) is 8.16. The Balaban J connectivity index is 1.84. The van der Waals surface area contributed by atoms with Crippen molar-refractivity contribution in [2.24, 2.45) is 5.73 Å². The zero-order chi connectivity index (χ0) is 12.3. The van der Waals surface area contributed by atoms with Gasteiger partial charge in [-0.15, -0.1) is 0 Å². The zero-order valence-electron chi connectivity index (χ0n) is 10.1. The summed E-state index contributed by atoms with van der Waals surface area (Å²) in [5, 5.41) is 4.33. The predicted molar refractivity (Wildman–Crippen MR) is 69.9 cm³/mol. The van der Waals surface area contributed by atoms with E-state index >= 15 is 0 Å². The van der Waals surface area contributed by atoms with Crippen LogP contribution in [0.5, 0.6) is 0 Å². The van der Waals surface area contributed by atoms with Crippen LogP contribution in [0.15, 0.2) is 16.8 Å². The molecule has 1 fully saturated rings. The Kier molecular flexibility index (Phi) is 4.15. The van der Waals surface area contributed by atoms with Crippen molar-refractivity contribution in [2.45, 2.75) is 13.0 Å². The van der Waals surface area contributed by atoms with E-state index in [1.807, 2.05) is 0 Å². The molecule has 1 unspecified atom stereocenters. The van der Waals surface area contributed by atoms with Gasteiger partial charge < -0.3 is 5.73 Å². The van der Waals surface area contributed by atoms with Crippen LogP contribution in [0.1, 0.15) is 18.5 Å². The van der Waals surface area contributed by atoms with Crippen LogP contribution in [0.2, 0.25) is 0 Å². The van der Waals surface area contributed by atoms with Crippen molar-refractivity contribution in [3.8, 4) is 0 Å². The summed E-state index contributed by atoms with van der Waals surface area (Å²) in [6.45, 7) is 6.50. The molecule has 1 aromatic heterocycles. The Hall–Kier alpha value is -0.910. The molecule has 1 aromatic rings. The predicted octanol–water partition coefficient (Wildman–Crippen LogP) is 0.912. The molecule has 0 bridgehead atoms. The number of hydrogen-bond acceptors (Lipinski definition) is 4. The summed E-state index contributed by atoms with van der Waals surface area (Å²) in [4.78, 5) is 15.4. The largest absolute Gasteiger partial charge is 0.369 e. The second-order valence-corrected chi connectivity index (χ2v) is 5.29. The first kappa shape index (κ1) is 12.5. The van der Waals surface area contributed by atoms with Crippen LogP contribution in [0.4, 0.5) is 0 Å². The summed E-state index contributed by atoms with van der Waals surface area (Å²) in [6, 6.07) is 2.66.